The predicted octanol–water partition coefficient (Wildman–Crippen LogP) is 11.3. The average Bonchev–Trinajstić information content (AvgIpc) is 2.55. The van der Waals surface area contributed by atoms with Crippen molar-refractivity contribution in [3.8, 4) is 0 Å². The maximum atomic E-state index is 6.81. The van der Waals surface area contributed by atoms with Gasteiger partial charge in [0, 0.05) is 56.5 Å². The van der Waals surface area contributed by atoms with Gasteiger partial charge in [-0.25, -0.2) is 0 Å². The van der Waals surface area contributed by atoms with E-state index < -0.39 is 56.5 Å². The van der Waals surface area contributed by atoms with E-state index in [2.05, 4.69) is 150 Å². The standard InChI is InChI=1S/C31H68Cl2Si8/c1-35(2,3)28(36(4,5)6)25-22-24(31(39(13,14)15,40(16,17)18)41(19,20)21)23-26(27(25)34-30(32)33)29(37(7,8)9)38(10,11)12/h22-23,28-30H,1-21H3. The lowest BCUT2D eigenvalue weighted by atomic mass is 10.1. The van der Waals surface area contributed by atoms with Crippen LogP contribution in [-0.2, 0) is 4.28 Å². The highest BCUT2D eigenvalue weighted by atomic mass is 35.5. The second-order valence-corrected chi connectivity index (χ2v) is 63.1. The molecule has 0 amide bonds. The Kier molecular flexibility index (Phi) is 12.5. The smallest absolute Gasteiger partial charge is 0.110 e. The van der Waals surface area contributed by atoms with Crippen LogP contribution in [0.1, 0.15) is 27.0 Å². The van der Waals surface area contributed by atoms with Gasteiger partial charge in [0.25, 0.3) is 0 Å². The Balaban J connectivity index is 4.89. The van der Waals surface area contributed by atoms with Crippen LogP contribution in [0.15, 0.2) is 12.1 Å². The van der Waals surface area contributed by atoms with E-state index in [4.69, 9.17) is 23.2 Å². The van der Waals surface area contributed by atoms with Crippen molar-refractivity contribution in [2.24, 2.45) is 0 Å². The molecule has 0 aromatic heterocycles. The number of rotatable bonds is 12. The first-order valence-electron chi connectivity index (χ1n) is 15.9. The van der Waals surface area contributed by atoms with Crippen molar-refractivity contribution >= 4 is 94.4 Å². The van der Waals surface area contributed by atoms with Crippen molar-refractivity contribution in [1.29, 1.82) is 0 Å². The van der Waals surface area contributed by atoms with E-state index >= 15 is 0 Å². The summed E-state index contributed by atoms with van der Waals surface area (Å²) in [5.74, 6) is 0. The summed E-state index contributed by atoms with van der Waals surface area (Å²) in [6.45, 7) is 55.9. The lowest BCUT2D eigenvalue weighted by Gasteiger charge is -2.60. The first kappa shape index (κ1) is 40.6. The fraction of sp³-hybridized carbons (Fsp3) is 0.806. The molecule has 1 rings (SSSR count). The van der Waals surface area contributed by atoms with Crippen molar-refractivity contribution in [1.82, 2.24) is 0 Å². The van der Waals surface area contributed by atoms with Gasteiger partial charge in [-0.2, -0.15) is 0 Å². The first-order valence-corrected chi connectivity index (χ1v) is 42.6. The predicted molar refractivity (Wildman–Crippen MR) is 218 cm³/mol. The molecule has 0 bridgehead atoms. The van der Waals surface area contributed by atoms with E-state index in [1.807, 2.05) is 0 Å². The molecule has 41 heavy (non-hydrogen) atoms. The highest BCUT2D eigenvalue weighted by molar-refractivity contribution is 7.14. The Labute approximate surface area is 277 Å². The molecule has 0 saturated heterocycles. The van der Waals surface area contributed by atoms with Crippen molar-refractivity contribution in [3.05, 3.63) is 28.8 Å². The lowest BCUT2D eigenvalue weighted by Crippen LogP contribution is -2.74. The van der Waals surface area contributed by atoms with Crippen LogP contribution >= 0.6 is 23.2 Å². The molecule has 238 valence electrons. The highest BCUT2D eigenvalue weighted by Crippen LogP contribution is 2.51. The molecule has 0 atom stereocenters. The third-order valence-electron chi connectivity index (χ3n) is 9.35. The second kappa shape index (κ2) is 12.6. The van der Waals surface area contributed by atoms with E-state index in [9.17, 15) is 0 Å². The number of benzene rings is 1. The van der Waals surface area contributed by atoms with Gasteiger partial charge in [-0.15, -0.1) is 23.2 Å². The van der Waals surface area contributed by atoms with Crippen LogP contribution in [0.25, 0.3) is 0 Å². The summed E-state index contributed by atoms with van der Waals surface area (Å²) in [5, 5.41) is 2.94. The molecule has 0 N–H and O–H groups in total. The molecule has 0 aliphatic rings. The zero-order chi connectivity index (χ0) is 33.2. The summed E-state index contributed by atoms with van der Waals surface area (Å²) in [6.07, 6.45) is 0. The van der Waals surface area contributed by atoms with Crippen LogP contribution in [0.3, 0.4) is 0 Å². The van der Waals surface area contributed by atoms with Crippen molar-refractivity contribution in [3.63, 3.8) is 0 Å². The van der Waals surface area contributed by atoms with Crippen molar-refractivity contribution < 1.29 is 0 Å². The Morgan fingerprint density at radius 1 is 0.488 bits per heavy atom. The number of hydrogen-bond donors (Lipinski definition) is 0. The summed E-state index contributed by atoms with van der Waals surface area (Å²) in [5.41, 5.74) is 5.14. The van der Waals surface area contributed by atoms with Gasteiger partial charge < -0.3 is 0 Å². The van der Waals surface area contributed by atoms with E-state index in [1.165, 1.54) is 0 Å². The molecule has 0 aliphatic carbocycles. The van der Waals surface area contributed by atoms with Gasteiger partial charge in [-0.05, 0) is 20.2 Å². The molecule has 0 unspecified atom stereocenters. The van der Waals surface area contributed by atoms with Gasteiger partial charge in [-0.1, -0.05) is 166 Å². The average molecular weight is 736 g/mol. The maximum Gasteiger partial charge on any atom is 0.125 e. The third-order valence-corrected chi connectivity index (χ3v) is 50.8. The molecule has 0 aliphatic heterocycles. The van der Waals surface area contributed by atoms with Gasteiger partial charge in [0.05, 0.1) is 4.46 Å². The number of alkyl halides is 2. The van der Waals surface area contributed by atoms with Crippen LogP contribution in [0.5, 0.6) is 0 Å². The van der Waals surface area contributed by atoms with Gasteiger partial charge >= 0.3 is 0 Å². The monoisotopic (exact) mass is 734 g/mol. The number of hydrogen-bond acceptors (Lipinski definition) is 0. The Hall–Kier alpha value is 1.54. The molecule has 2 radical (unpaired) electrons. The van der Waals surface area contributed by atoms with E-state index in [1.54, 1.807) is 21.9 Å². The molecular formula is C31H68Cl2Si8. The minimum Gasteiger partial charge on any atom is -0.110 e. The van der Waals surface area contributed by atoms with Gasteiger partial charge in [0.1, 0.15) is 9.52 Å². The lowest BCUT2D eigenvalue weighted by molar-refractivity contribution is 0.995. The summed E-state index contributed by atoms with van der Waals surface area (Å²) in [6, 6.07) is 5.67. The molecule has 0 fully saturated rings. The molecule has 1 aromatic carbocycles. The topological polar surface area (TPSA) is 0 Å². The first-order chi connectivity index (χ1) is 17.6. The van der Waals surface area contributed by atoms with Crippen LogP contribution in [0, 0.1) is 0 Å². The van der Waals surface area contributed by atoms with Gasteiger partial charge in [-0.3, -0.25) is 0 Å². The second-order valence-electron chi connectivity index (χ2n) is 20.3. The normalized spacial score (nSPS) is 15.5. The molecule has 0 spiro atoms. The maximum absolute atomic E-state index is 6.81. The van der Waals surface area contributed by atoms with E-state index in [-0.39, 0.29) is 4.46 Å². The zero-order valence-corrected chi connectivity index (χ0v) is 40.7. The quantitative estimate of drug-likeness (QED) is 0.148. The minimum absolute atomic E-state index is 0.345. The van der Waals surface area contributed by atoms with E-state index in [0.29, 0.717) is 24.1 Å². The van der Waals surface area contributed by atoms with Gasteiger partial charge in [0.15, 0.2) is 0 Å². The Bertz CT molecular complexity index is 934. The van der Waals surface area contributed by atoms with Crippen LogP contribution in [-0.4, -0.2) is 70.5 Å². The molecule has 0 saturated carbocycles. The largest absolute Gasteiger partial charge is 0.125 e. The Morgan fingerprint density at radius 3 is 0.902 bits per heavy atom. The van der Waals surface area contributed by atoms with Crippen molar-refractivity contribution in [2.45, 2.75) is 157 Å². The molecule has 0 heterocycles. The molecule has 0 nitrogen and oxygen atoms in total. The van der Waals surface area contributed by atoms with Crippen LogP contribution < -0.4 is 5.19 Å². The Morgan fingerprint density at radius 2 is 0.732 bits per heavy atom. The molecular weight excluding hydrogens is 668 g/mol. The molecule has 1 aromatic rings. The van der Waals surface area contributed by atoms with E-state index in [0.717, 1.165) is 0 Å². The summed E-state index contributed by atoms with van der Waals surface area (Å²) in [7, 11) is -10.9. The van der Waals surface area contributed by atoms with Gasteiger partial charge in [0.2, 0.25) is 0 Å². The summed E-state index contributed by atoms with van der Waals surface area (Å²) < 4.78 is 0.00806. The minimum atomic E-state index is -1.68. The summed E-state index contributed by atoms with van der Waals surface area (Å²) >= 11 is 13.6. The summed E-state index contributed by atoms with van der Waals surface area (Å²) in [4.78, 5) is 0. The van der Waals surface area contributed by atoms with Crippen LogP contribution in [0.2, 0.25) is 137 Å². The SMILES string of the molecule is C[Si](C)(C)C(c1cc(C([Si](C)(C)C)([Si](C)(C)C)[Si](C)(C)C)cc(C([Si](C)(C)C)[Si](C)(C)C)c1[Si]C(Cl)Cl)[Si](C)(C)C. The molecule has 10 heteroatoms. The third kappa shape index (κ3) is 8.67. The fourth-order valence-corrected chi connectivity index (χ4v) is 68.4. The van der Waals surface area contributed by atoms with Crippen LogP contribution in [0.4, 0.5) is 0 Å². The highest BCUT2D eigenvalue weighted by Gasteiger charge is 2.61. The number of halogens is 2. The fourth-order valence-electron chi connectivity index (χ4n) is 10.8. The zero-order valence-electron chi connectivity index (χ0n) is 31.1. The van der Waals surface area contributed by atoms with Crippen molar-refractivity contribution in [2.75, 3.05) is 0 Å².